The van der Waals surface area contributed by atoms with Crippen molar-refractivity contribution >= 4 is 52.8 Å². The smallest absolute Gasteiger partial charge is 0.118 e. The van der Waals surface area contributed by atoms with Crippen LogP contribution in [0.25, 0.3) is 11.0 Å². The fourth-order valence-electron chi connectivity index (χ4n) is 1.19. The Morgan fingerprint density at radius 3 is 2.83 bits per heavy atom. The molecule has 4 heteroatoms. The molecule has 0 bridgehead atoms. The van der Waals surface area contributed by atoms with Crippen molar-refractivity contribution in [2.24, 2.45) is 7.05 Å². The van der Waals surface area contributed by atoms with E-state index in [4.69, 9.17) is 12.2 Å². The normalized spacial score (nSPS) is 9.75. The summed E-state index contributed by atoms with van der Waals surface area (Å²) in [5, 5.41) is 1.12. The molecule has 0 aliphatic heterocycles. The largest absolute Gasteiger partial charge is 0.347 e. The number of hydrogen-bond acceptors (Lipinski definition) is 1. The van der Waals surface area contributed by atoms with Crippen LogP contribution >= 0.6 is 12.2 Å². The standard InChI is InChI=1S/C8H8N2S.Na/c1-10-5-3-6-7(11)2-4-9-8(6)10;/h2-5H,1H3,(H,9,11);. The van der Waals surface area contributed by atoms with Gasteiger partial charge in [-0.1, -0.05) is 12.2 Å². The van der Waals surface area contributed by atoms with Gasteiger partial charge < -0.3 is 9.55 Å². The van der Waals surface area contributed by atoms with Gasteiger partial charge in [0.05, 0.1) is 4.51 Å². The van der Waals surface area contributed by atoms with Gasteiger partial charge in [-0.2, -0.15) is 0 Å². The van der Waals surface area contributed by atoms with E-state index in [1.807, 2.05) is 36.1 Å². The third-order valence-corrected chi connectivity index (χ3v) is 2.15. The minimum absolute atomic E-state index is 0. The molecule has 57 valence electrons. The number of aryl methyl sites for hydroxylation is 1. The van der Waals surface area contributed by atoms with E-state index < -0.39 is 0 Å². The summed E-state index contributed by atoms with van der Waals surface area (Å²) in [5.41, 5.74) is 1.08. The van der Waals surface area contributed by atoms with Crippen LogP contribution < -0.4 is 0 Å². The fraction of sp³-hybridized carbons (Fsp3) is 0.125. The second-order valence-corrected chi connectivity index (χ2v) is 2.97. The van der Waals surface area contributed by atoms with Crippen molar-refractivity contribution in [1.29, 1.82) is 0 Å². The third-order valence-electron chi connectivity index (χ3n) is 1.79. The summed E-state index contributed by atoms with van der Waals surface area (Å²) < 4.78 is 2.92. The van der Waals surface area contributed by atoms with Crippen LogP contribution in [0.1, 0.15) is 0 Å². The molecule has 2 aromatic rings. The fourth-order valence-corrected chi connectivity index (χ4v) is 1.43. The van der Waals surface area contributed by atoms with E-state index in [1.165, 1.54) is 0 Å². The van der Waals surface area contributed by atoms with Crippen LogP contribution in [-0.2, 0) is 7.05 Å². The maximum absolute atomic E-state index is 5.13. The first-order valence-electron chi connectivity index (χ1n) is 3.42. The molecule has 0 fully saturated rings. The Kier molecular flexibility index (Phi) is 3.12. The van der Waals surface area contributed by atoms with Crippen molar-refractivity contribution < 1.29 is 0 Å². The van der Waals surface area contributed by atoms with Gasteiger partial charge in [0.2, 0.25) is 0 Å². The number of fused-ring (bicyclic) bond motifs is 1. The number of aromatic nitrogens is 2. The van der Waals surface area contributed by atoms with Gasteiger partial charge in [-0.15, -0.1) is 0 Å². The quantitative estimate of drug-likeness (QED) is 0.493. The minimum atomic E-state index is 0. The SMILES string of the molecule is Cn1ccc2c(=S)cc[nH]c21.[Na]. The monoisotopic (exact) mass is 187 g/mol. The average Bonchev–Trinajstić information content (AvgIpc) is 2.35. The zero-order chi connectivity index (χ0) is 7.84. The van der Waals surface area contributed by atoms with E-state index in [2.05, 4.69) is 4.98 Å². The molecule has 0 spiro atoms. The molecule has 0 saturated carbocycles. The maximum Gasteiger partial charge on any atom is 0.118 e. The van der Waals surface area contributed by atoms with Crippen LogP contribution in [0, 0.1) is 4.51 Å². The molecule has 1 N–H and O–H groups in total. The number of nitrogens with zero attached hydrogens (tertiary/aromatic N) is 1. The first-order chi connectivity index (χ1) is 5.29. The number of H-pyrrole nitrogens is 1. The molecule has 0 unspecified atom stereocenters. The first-order valence-corrected chi connectivity index (χ1v) is 3.82. The topological polar surface area (TPSA) is 20.7 Å². The van der Waals surface area contributed by atoms with Gasteiger partial charge in [0.25, 0.3) is 0 Å². The van der Waals surface area contributed by atoms with Crippen LogP contribution in [0.15, 0.2) is 24.5 Å². The second kappa shape index (κ2) is 3.75. The minimum Gasteiger partial charge on any atom is -0.347 e. The summed E-state index contributed by atoms with van der Waals surface area (Å²) in [6.45, 7) is 0. The van der Waals surface area contributed by atoms with Gasteiger partial charge >= 0.3 is 0 Å². The van der Waals surface area contributed by atoms with Gasteiger partial charge in [0.15, 0.2) is 0 Å². The number of pyridine rings is 1. The van der Waals surface area contributed by atoms with E-state index in [9.17, 15) is 0 Å². The predicted octanol–water partition coefficient (Wildman–Crippen LogP) is 1.86. The summed E-state index contributed by atoms with van der Waals surface area (Å²) in [4.78, 5) is 3.14. The van der Waals surface area contributed by atoms with Crippen LogP contribution in [0.5, 0.6) is 0 Å². The van der Waals surface area contributed by atoms with Crippen LogP contribution in [0.4, 0.5) is 0 Å². The molecule has 0 amide bonds. The van der Waals surface area contributed by atoms with Crippen LogP contribution in [0.2, 0.25) is 0 Å². The van der Waals surface area contributed by atoms with E-state index in [0.717, 1.165) is 15.5 Å². The Hall–Kier alpha value is -0.0900. The van der Waals surface area contributed by atoms with Gasteiger partial charge in [-0.25, -0.2) is 0 Å². The molecule has 0 aliphatic rings. The van der Waals surface area contributed by atoms with Crippen LogP contribution in [-0.4, -0.2) is 39.1 Å². The summed E-state index contributed by atoms with van der Waals surface area (Å²) >= 11 is 5.13. The molecule has 1 radical (unpaired) electrons. The Labute approximate surface area is 97.9 Å². The van der Waals surface area contributed by atoms with Crippen molar-refractivity contribution in [3.8, 4) is 0 Å². The van der Waals surface area contributed by atoms with Gasteiger partial charge in [0.1, 0.15) is 5.65 Å². The molecule has 2 aromatic heterocycles. The molecular weight excluding hydrogens is 179 g/mol. The first kappa shape index (κ1) is 9.99. The summed E-state index contributed by atoms with van der Waals surface area (Å²) in [7, 11) is 1.99. The van der Waals surface area contributed by atoms with Gasteiger partial charge in [-0.3, -0.25) is 0 Å². The van der Waals surface area contributed by atoms with Crippen molar-refractivity contribution in [3.63, 3.8) is 0 Å². The number of rotatable bonds is 0. The summed E-state index contributed by atoms with van der Waals surface area (Å²) in [5.74, 6) is 0. The molecule has 0 aromatic carbocycles. The Bertz CT molecular complexity index is 443. The van der Waals surface area contributed by atoms with Crippen LogP contribution in [0.3, 0.4) is 0 Å². The molecule has 2 heterocycles. The molecule has 0 saturated heterocycles. The maximum atomic E-state index is 5.13. The number of aromatic amines is 1. The second-order valence-electron chi connectivity index (χ2n) is 2.53. The van der Waals surface area contributed by atoms with Gasteiger partial charge in [-0.05, 0) is 12.1 Å². The molecular formula is C8H8N2NaS. The van der Waals surface area contributed by atoms with E-state index >= 15 is 0 Å². The molecule has 0 aliphatic carbocycles. The zero-order valence-electron chi connectivity index (χ0n) is 7.16. The number of hydrogen-bond donors (Lipinski definition) is 1. The summed E-state index contributed by atoms with van der Waals surface area (Å²) in [6, 6.07) is 3.92. The van der Waals surface area contributed by atoms with Gasteiger partial charge in [0, 0.05) is 54.4 Å². The number of nitrogens with one attached hydrogen (secondary N) is 1. The molecule has 2 nitrogen and oxygen atoms in total. The van der Waals surface area contributed by atoms with E-state index in [1.54, 1.807) is 0 Å². The molecule has 0 atom stereocenters. The predicted molar refractivity (Wildman–Crippen MR) is 53.9 cm³/mol. The van der Waals surface area contributed by atoms with E-state index in [0.29, 0.717) is 0 Å². The van der Waals surface area contributed by atoms with Crippen molar-refractivity contribution in [2.75, 3.05) is 0 Å². The molecule has 12 heavy (non-hydrogen) atoms. The van der Waals surface area contributed by atoms with E-state index in [-0.39, 0.29) is 29.6 Å². The Morgan fingerprint density at radius 2 is 2.17 bits per heavy atom. The summed E-state index contributed by atoms with van der Waals surface area (Å²) in [6.07, 6.45) is 3.86. The molecule has 2 rings (SSSR count). The Morgan fingerprint density at radius 1 is 1.42 bits per heavy atom. The third kappa shape index (κ3) is 1.50. The Balaban J connectivity index is 0.000000720. The van der Waals surface area contributed by atoms with Crippen molar-refractivity contribution in [2.45, 2.75) is 0 Å². The zero-order valence-corrected chi connectivity index (χ0v) is 9.98. The van der Waals surface area contributed by atoms with Crippen molar-refractivity contribution in [1.82, 2.24) is 9.55 Å². The average molecular weight is 187 g/mol. The van der Waals surface area contributed by atoms with Crippen molar-refractivity contribution in [3.05, 3.63) is 29.0 Å².